The fourth-order valence-corrected chi connectivity index (χ4v) is 4.28. The maximum atomic E-state index is 13.1. The Labute approximate surface area is 191 Å². The van der Waals surface area contributed by atoms with Gasteiger partial charge in [-0.1, -0.05) is 51.3 Å². The van der Waals surface area contributed by atoms with Crippen LogP contribution in [0.5, 0.6) is 5.88 Å². The van der Waals surface area contributed by atoms with E-state index in [1.165, 1.54) is 11.1 Å². The number of nitrogens with zero attached hydrogens (tertiary/aromatic N) is 2. The minimum absolute atomic E-state index is 0.0132. The molecule has 0 bridgehead atoms. The van der Waals surface area contributed by atoms with E-state index in [1.54, 1.807) is 13.2 Å². The van der Waals surface area contributed by atoms with E-state index in [2.05, 4.69) is 48.3 Å². The topological polar surface area (TPSA) is 54.5 Å². The molecule has 1 fully saturated rings. The molecule has 0 unspecified atom stereocenters. The quantitative estimate of drug-likeness (QED) is 0.515. The zero-order chi connectivity index (χ0) is 23.1. The van der Waals surface area contributed by atoms with Crippen molar-refractivity contribution in [2.45, 2.75) is 39.0 Å². The molecule has 1 aromatic heterocycles. The number of amides is 1. The summed E-state index contributed by atoms with van der Waals surface area (Å²) >= 11 is 0. The Morgan fingerprint density at radius 2 is 2.00 bits per heavy atom. The Bertz CT molecular complexity index is 1000. The molecule has 1 aliphatic rings. The number of carbonyl (C=O) groups excluding carboxylic acids is 1. The molecule has 0 radical (unpaired) electrons. The molecule has 32 heavy (non-hydrogen) atoms. The molecule has 0 saturated carbocycles. The number of hydrogen-bond donors (Lipinski definition) is 1. The number of anilines is 1. The highest BCUT2D eigenvalue weighted by Crippen LogP contribution is 2.32. The van der Waals surface area contributed by atoms with Gasteiger partial charge in [0, 0.05) is 23.9 Å². The maximum Gasteiger partial charge on any atom is 0.227 e. The number of aromatic nitrogens is 1. The van der Waals surface area contributed by atoms with Crippen LogP contribution in [-0.2, 0) is 4.79 Å². The highest BCUT2D eigenvalue weighted by molar-refractivity contribution is 6.02. The highest BCUT2D eigenvalue weighted by Gasteiger charge is 2.25. The number of pyridine rings is 1. The number of methoxy groups -OCH3 is 1. The first kappa shape index (κ1) is 23.7. The van der Waals surface area contributed by atoms with Crippen LogP contribution in [0.1, 0.15) is 44.6 Å². The van der Waals surface area contributed by atoms with Crippen molar-refractivity contribution in [2.75, 3.05) is 32.1 Å². The van der Waals surface area contributed by atoms with Crippen LogP contribution < -0.4 is 10.1 Å². The second-order valence-corrected chi connectivity index (χ2v) is 8.64. The Balaban J connectivity index is 1.66. The van der Waals surface area contributed by atoms with Crippen molar-refractivity contribution >= 4 is 22.5 Å². The number of likely N-dealkylation sites (tertiary alicyclic amines) is 1. The van der Waals surface area contributed by atoms with E-state index in [4.69, 9.17) is 4.74 Å². The lowest BCUT2D eigenvalue weighted by Crippen LogP contribution is -2.38. The molecule has 2 heterocycles. The Hall–Kier alpha value is -2.92. The number of carbonyl (C=O) groups is 1. The SMILES string of the molecule is C=C/C=C(\C=C)CCN1CCC(C(=O)Nc2ccc(C(C)C)c3ccc(OC)nc23)CC1. The largest absolute Gasteiger partial charge is 0.481 e. The third-order valence-corrected chi connectivity index (χ3v) is 6.22. The summed E-state index contributed by atoms with van der Waals surface area (Å²) in [6.07, 6.45) is 8.37. The number of rotatable bonds is 9. The summed E-state index contributed by atoms with van der Waals surface area (Å²) in [6.45, 7) is 14.8. The molecule has 1 aliphatic heterocycles. The summed E-state index contributed by atoms with van der Waals surface area (Å²) in [6, 6.07) is 7.97. The summed E-state index contributed by atoms with van der Waals surface area (Å²) in [5.74, 6) is 1.00. The first-order chi connectivity index (χ1) is 15.5. The van der Waals surface area contributed by atoms with Crippen molar-refractivity contribution in [3.05, 3.63) is 66.8 Å². The second-order valence-electron chi connectivity index (χ2n) is 8.64. The Morgan fingerprint density at radius 3 is 2.62 bits per heavy atom. The lowest BCUT2D eigenvalue weighted by Gasteiger charge is -2.31. The van der Waals surface area contributed by atoms with E-state index in [0.29, 0.717) is 11.8 Å². The lowest BCUT2D eigenvalue weighted by atomic mass is 9.94. The molecule has 0 aliphatic carbocycles. The first-order valence-electron chi connectivity index (χ1n) is 11.4. The molecule has 5 nitrogen and oxygen atoms in total. The van der Waals surface area contributed by atoms with Crippen molar-refractivity contribution < 1.29 is 9.53 Å². The average Bonchev–Trinajstić information content (AvgIpc) is 2.81. The van der Waals surface area contributed by atoms with Gasteiger partial charge in [-0.15, -0.1) is 0 Å². The van der Waals surface area contributed by atoms with Crippen LogP contribution in [0, 0.1) is 5.92 Å². The number of allylic oxidation sites excluding steroid dienone is 3. The highest BCUT2D eigenvalue weighted by atomic mass is 16.5. The van der Waals surface area contributed by atoms with Gasteiger partial charge in [0.2, 0.25) is 11.8 Å². The van der Waals surface area contributed by atoms with Crippen LogP contribution in [-0.4, -0.2) is 42.5 Å². The molecule has 0 atom stereocenters. The Kier molecular flexibility index (Phi) is 8.23. The van der Waals surface area contributed by atoms with E-state index < -0.39 is 0 Å². The minimum atomic E-state index is 0.0132. The third-order valence-electron chi connectivity index (χ3n) is 6.22. The van der Waals surface area contributed by atoms with Gasteiger partial charge in [0.1, 0.15) is 0 Å². The van der Waals surface area contributed by atoms with Crippen molar-refractivity contribution in [1.29, 1.82) is 0 Å². The molecule has 1 aromatic carbocycles. The molecule has 0 spiro atoms. The molecule has 1 saturated heterocycles. The minimum Gasteiger partial charge on any atom is -0.481 e. The summed E-state index contributed by atoms with van der Waals surface area (Å²) in [4.78, 5) is 20.1. The van der Waals surface area contributed by atoms with Crippen LogP contribution in [0.3, 0.4) is 0 Å². The molecule has 5 heteroatoms. The third kappa shape index (κ3) is 5.65. The van der Waals surface area contributed by atoms with Crippen LogP contribution in [0.2, 0.25) is 0 Å². The molecule has 170 valence electrons. The fourth-order valence-electron chi connectivity index (χ4n) is 4.28. The van der Waals surface area contributed by atoms with Gasteiger partial charge in [0.05, 0.1) is 18.3 Å². The number of hydrogen-bond acceptors (Lipinski definition) is 4. The van der Waals surface area contributed by atoms with Gasteiger partial charge in [-0.2, -0.15) is 0 Å². The van der Waals surface area contributed by atoms with Gasteiger partial charge in [0.25, 0.3) is 0 Å². The van der Waals surface area contributed by atoms with Gasteiger partial charge in [-0.25, -0.2) is 4.98 Å². The van der Waals surface area contributed by atoms with Gasteiger partial charge < -0.3 is 15.0 Å². The van der Waals surface area contributed by atoms with Crippen LogP contribution in [0.4, 0.5) is 5.69 Å². The number of fused-ring (bicyclic) bond motifs is 1. The average molecular weight is 434 g/mol. The number of nitrogens with one attached hydrogen (secondary N) is 1. The fraction of sp³-hybridized carbons (Fsp3) is 0.407. The van der Waals surface area contributed by atoms with Crippen molar-refractivity contribution in [1.82, 2.24) is 9.88 Å². The van der Waals surface area contributed by atoms with Crippen molar-refractivity contribution in [2.24, 2.45) is 5.92 Å². The molecule has 1 N–H and O–H groups in total. The van der Waals surface area contributed by atoms with E-state index >= 15 is 0 Å². The van der Waals surface area contributed by atoms with Crippen LogP contribution >= 0.6 is 0 Å². The summed E-state index contributed by atoms with van der Waals surface area (Å²) in [5, 5.41) is 4.21. The van der Waals surface area contributed by atoms with Gasteiger partial charge in [-0.3, -0.25) is 4.79 Å². The smallest absolute Gasteiger partial charge is 0.227 e. The zero-order valence-corrected chi connectivity index (χ0v) is 19.6. The molecular formula is C27H35N3O2. The molecular weight excluding hydrogens is 398 g/mol. The predicted molar refractivity (Wildman–Crippen MR) is 133 cm³/mol. The summed E-state index contributed by atoms with van der Waals surface area (Å²) < 4.78 is 5.33. The normalized spacial score (nSPS) is 15.7. The van der Waals surface area contributed by atoms with Crippen molar-refractivity contribution in [3.8, 4) is 5.88 Å². The van der Waals surface area contributed by atoms with Gasteiger partial charge in [-0.05, 0) is 61.5 Å². The molecule has 2 aromatic rings. The van der Waals surface area contributed by atoms with E-state index in [-0.39, 0.29) is 11.8 Å². The van der Waals surface area contributed by atoms with E-state index in [1.807, 2.05) is 30.4 Å². The first-order valence-corrected chi connectivity index (χ1v) is 11.4. The number of benzene rings is 1. The maximum absolute atomic E-state index is 13.1. The second kappa shape index (κ2) is 11.1. The summed E-state index contributed by atoms with van der Waals surface area (Å²) in [5.41, 5.74) is 3.94. The van der Waals surface area contributed by atoms with Gasteiger partial charge >= 0.3 is 0 Å². The van der Waals surface area contributed by atoms with Gasteiger partial charge in [0.15, 0.2) is 0 Å². The molecule has 1 amide bonds. The summed E-state index contributed by atoms with van der Waals surface area (Å²) in [7, 11) is 1.61. The predicted octanol–water partition coefficient (Wildman–Crippen LogP) is 5.71. The zero-order valence-electron chi connectivity index (χ0n) is 19.6. The van der Waals surface area contributed by atoms with E-state index in [0.717, 1.165) is 55.5 Å². The standard InChI is InChI=1S/C27H35N3O2/c1-6-8-20(7-2)13-16-30-17-14-21(15-18-30)27(31)28-24-11-9-22(19(3)4)23-10-12-25(32-5)29-26(23)24/h6-12,19,21H,1-2,13-18H2,3-5H3,(H,28,31)/b20-8+. The molecule has 3 rings (SSSR count). The van der Waals surface area contributed by atoms with E-state index in [9.17, 15) is 4.79 Å². The van der Waals surface area contributed by atoms with Crippen molar-refractivity contribution in [3.63, 3.8) is 0 Å². The number of piperidine rings is 1. The monoisotopic (exact) mass is 433 g/mol. The van der Waals surface area contributed by atoms with Crippen LogP contribution in [0.15, 0.2) is 61.2 Å². The Morgan fingerprint density at radius 1 is 1.25 bits per heavy atom. The van der Waals surface area contributed by atoms with Crippen LogP contribution in [0.25, 0.3) is 10.9 Å². The number of ether oxygens (including phenoxy) is 1. The lowest BCUT2D eigenvalue weighted by molar-refractivity contribution is -0.121.